The van der Waals surface area contributed by atoms with Crippen molar-refractivity contribution in [1.82, 2.24) is 15.1 Å². The molecule has 10 heteroatoms. The van der Waals surface area contributed by atoms with E-state index >= 15 is 0 Å². The lowest BCUT2D eigenvalue weighted by Crippen LogP contribution is -2.52. The van der Waals surface area contributed by atoms with Crippen LogP contribution < -0.4 is 10.2 Å². The van der Waals surface area contributed by atoms with Gasteiger partial charge in [0, 0.05) is 43.5 Å². The number of amides is 2. The third kappa shape index (κ3) is 5.26. The third-order valence-corrected chi connectivity index (χ3v) is 7.43. The van der Waals surface area contributed by atoms with Crippen molar-refractivity contribution >= 4 is 23.3 Å². The number of nitrogens with one attached hydrogen (secondary N) is 1. The summed E-state index contributed by atoms with van der Waals surface area (Å²) in [5, 5.41) is 10.9. The second-order valence-electron chi connectivity index (χ2n) is 9.76. The van der Waals surface area contributed by atoms with Crippen LogP contribution in [0.15, 0.2) is 42.6 Å². The summed E-state index contributed by atoms with van der Waals surface area (Å²) >= 11 is 0. The number of halogens is 3. The van der Waals surface area contributed by atoms with Crippen LogP contribution in [-0.4, -0.2) is 58.3 Å². The minimum absolute atomic E-state index is 0.00901. The number of nitrogens with zero attached hydrogens (tertiary/aromatic N) is 4. The van der Waals surface area contributed by atoms with Gasteiger partial charge in [-0.3, -0.25) is 9.59 Å². The van der Waals surface area contributed by atoms with Crippen molar-refractivity contribution in [2.24, 2.45) is 5.92 Å². The summed E-state index contributed by atoms with van der Waals surface area (Å²) in [6.45, 7) is 1.21. The largest absolute Gasteiger partial charge is 0.389 e. The van der Waals surface area contributed by atoms with Gasteiger partial charge in [0.05, 0.1) is 12.3 Å². The number of carbonyl (C=O) groups excluding carboxylic acids is 2. The van der Waals surface area contributed by atoms with E-state index in [0.29, 0.717) is 13.1 Å². The number of anilines is 2. The Morgan fingerprint density at radius 2 is 1.71 bits per heavy atom. The number of aromatic nitrogens is 2. The molecule has 2 amide bonds. The number of hydrogen-bond acceptors (Lipinski definition) is 5. The molecule has 0 aliphatic carbocycles. The molecule has 1 aromatic carbocycles. The maximum Gasteiger partial charge on any atom is 0.389 e. The van der Waals surface area contributed by atoms with Crippen molar-refractivity contribution in [3.63, 3.8) is 0 Å². The number of benzene rings is 1. The fourth-order valence-corrected chi connectivity index (χ4v) is 5.61. The van der Waals surface area contributed by atoms with E-state index in [9.17, 15) is 22.8 Å². The molecule has 186 valence electrons. The predicted octanol–water partition coefficient (Wildman–Crippen LogP) is 4.13. The predicted molar refractivity (Wildman–Crippen MR) is 124 cm³/mol. The summed E-state index contributed by atoms with van der Waals surface area (Å²) in [5.74, 6) is 0.521. The molecule has 1 aromatic heterocycles. The van der Waals surface area contributed by atoms with E-state index < -0.39 is 19.0 Å². The van der Waals surface area contributed by atoms with Crippen molar-refractivity contribution in [1.29, 1.82) is 0 Å². The molecule has 0 spiro atoms. The lowest BCUT2D eigenvalue weighted by molar-refractivity contribution is -0.151. The van der Waals surface area contributed by atoms with E-state index in [2.05, 4.69) is 15.5 Å². The number of hydrogen-bond donors (Lipinski definition) is 1. The summed E-state index contributed by atoms with van der Waals surface area (Å²) in [4.78, 5) is 28.8. The molecule has 2 aromatic rings. The normalized spacial score (nSPS) is 24.3. The molecule has 3 aliphatic rings. The molecule has 35 heavy (non-hydrogen) atoms. The molecule has 0 saturated carbocycles. The number of fused-ring (bicyclic) bond motifs is 2. The topological polar surface area (TPSA) is 78.4 Å². The second kappa shape index (κ2) is 9.47. The fourth-order valence-electron chi connectivity index (χ4n) is 5.61. The first-order valence-corrected chi connectivity index (χ1v) is 12.1. The van der Waals surface area contributed by atoms with Crippen LogP contribution in [0.3, 0.4) is 0 Å². The van der Waals surface area contributed by atoms with Crippen LogP contribution >= 0.6 is 0 Å². The zero-order valence-electron chi connectivity index (χ0n) is 19.2. The second-order valence-corrected chi connectivity index (χ2v) is 9.76. The summed E-state index contributed by atoms with van der Waals surface area (Å²) < 4.78 is 37.6. The van der Waals surface area contributed by atoms with E-state index in [-0.39, 0.29) is 35.7 Å². The molecule has 3 fully saturated rings. The van der Waals surface area contributed by atoms with E-state index in [1.165, 1.54) is 0 Å². The standard InChI is InChI=1S/C25H28F3N5O2/c26-25(27,28)10-9-23(34)33-20-7-8-21(33)13-17(12-20)16-3-5-19(6-4-16)30-24(35)18-14-32(15-18)22-2-1-11-29-31-22/h1-6,11,17-18,20-21H,7-10,12-15H2,(H,30,35). The van der Waals surface area contributed by atoms with Gasteiger partial charge in [0.2, 0.25) is 11.8 Å². The maximum atomic E-state index is 12.6. The fraction of sp³-hybridized carbons (Fsp3) is 0.520. The van der Waals surface area contributed by atoms with Crippen molar-refractivity contribution in [2.45, 2.75) is 62.7 Å². The first kappa shape index (κ1) is 23.6. The molecule has 2 bridgehead atoms. The van der Waals surface area contributed by atoms with E-state index in [0.717, 1.165) is 42.8 Å². The lowest BCUT2D eigenvalue weighted by atomic mass is 9.84. The number of carbonyl (C=O) groups is 2. The molecule has 5 rings (SSSR count). The van der Waals surface area contributed by atoms with Gasteiger partial charge in [-0.1, -0.05) is 12.1 Å². The summed E-state index contributed by atoms with van der Waals surface area (Å²) in [7, 11) is 0. The Labute approximate surface area is 201 Å². The Morgan fingerprint density at radius 3 is 2.31 bits per heavy atom. The third-order valence-electron chi connectivity index (χ3n) is 7.43. The van der Waals surface area contributed by atoms with Crippen molar-refractivity contribution < 1.29 is 22.8 Å². The minimum Gasteiger partial charge on any atom is -0.353 e. The SMILES string of the molecule is O=C(Nc1ccc(C2CC3CCC(C2)N3C(=O)CCC(F)(F)F)cc1)C1CN(c2cccnn2)C1. The molecule has 4 heterocycles. The van der Waals surface area contributed by atoms with Crippen LogP contribution in [0.2, 0.25) is 0 Å². The van der Waals surface area contributed by atoms with Gasteiger partial charge in [0.15, 0.2) is 5.82 Å². The molecule has 2 unspecified atom stereocenters. The quantitative estimate of drug-likeness (QED) is 0.663. The van der Waals surface area contributed by atoms with Gasteiger partial charge in [-0.15, -0.1) is 5.10 Å². The van der Waals surface area contributed by atoms with Gasteiger partial charge in [0.25, 0.3) is 0 Å². The summed E-state index contributed by atoms with van der Waals surface area (Å²) in [6.07, 6.45) is -0.993. The van der Waals surface area contributed by atoms with Crippen molar-refractivity contribution in [2.75, 3.05) is 23.3 Å². The summed E-state index contributed by atoms with van der Waals surface area (Å²) in [5.41, 5.74) is 1.87. The maximum absolute atomic E-state index is 12.6. The van der Waals surface area contributed by atoms with Gasteiger partial charge in [0.1, 0.15) is 0 Å². The van der Waals surface area contributed by atoms with Crippen molar-refractivity contribution in [3.8, 4) is 0 Å². The molecule has 2 atom stereocenters. The molecule has 1 N–H and O–H groups in total. The Balaban J connectivity index is 1.13. The monoisotopic (exact) mass is 487 g/mol. The van der Waals surface area contributed by atoms with Gasteiger partial charge in [-0.25, -0.2) is 0 Å². The highest BCUT2D eigenvalue weighted by Gasteiger charge is 2.44. The first-order valence-electron chi connectivity index (χ1n) is 12.1. The first-order chi connectivity index (χ1) is 16.8. The van der Waals surface area contributed by atoms with Gasteiger partial charge >= 0.3 is 6.18 Å². The van der Waals surface area contributed by atoms with Gasteiger partial charge in [-0.2, -0.15) is 18.3 Å². The number of piperidine rings is 1. The molecule has 0 radical (unpaired) electrons. The average molecular weight is 488 g/mol. The lowest BCUT2D eigenvalue weighted by Gasteiger charge is -2.39. The van der Waals surface area contributed by atoms with Crippen LogP contribution in [-0.2, 0) is 9.59 Å². The zero-order chi connectivity index (χ0) is 24.6. The molecule has 3 aliphatic heterocycles. The Kier molecular flexibility index (Phi) is 6.37. The van der Waals surface area contributed by atoms with E-state index in [1.54, 1.807) is 11.1 Å². The average Bonchev–Trinajstić information content (AvgIpc) is 3.06. The Bertz CT molecular complexity index is 1040. The van der Waals surface area contributed by atoms with Crippen LogP contribution in [0.4, 0.5) is 24.7 Å². The molecular formula is C25H28F3N5O2. The molecule has 7 nitrogen and oxygen atoms in total. The summed E-state index contributed by atoms with van der Waals surface area (Å²) in [6, 6.07) is 11.5. The van der Waals surface area contributed by atoms with Crippen LogP contribution in [0.1, 0.15) is 50.0 Å². The minimum atomic E-state index is -4.31. The number of rotatable bonds is 6. The van der Waals surface area contributed by atoms with E-state index in [1.807, 2.05) is 41.3 Å². The van der Waals surface area contributed by atoms with Crippen LogP contribution in [0.25, 0.3) is 0 Å². The highest BCUT2D eigenvalue weighted by molar-refractivity contribution is 5.94. The Hall–Kier alpha value is -3.17. The van der Waals surface area contributed by atoms with Crippen LogP contribution in [0.5, 0.6) is 0 Å². The highest BCUT2D eigenvalue weighted by Crippen LogP contribution is 2.43. The van der Waals surface area contributed by atoms with Gasteiger partial charge in [-0.05, 0) is 61.4 Å². The van der Waals surface area contributed by atoms with Crippen molar-refractivity contribution in [3.05, 3.63) is 48.2 Å². The van der Waals surface area contributed by atoms with Gasteiger partial charge < -0.3 is 15.1 Å². The molecular weight excluding hydrogens is 459 g/mol. The highest BCUT2D eigenvalue weighted by atomic mass is 19.4. The number of alkyl halides is 3. The van der Waals surface area contributed by atoms with Crippen LogP contribution in [0, 0.1) is 5.92 Å². The van der Waals surface area contributed by atoms with E-state index in [4.69, 9.17) is 0 Å². The Morgan fingerprint density at radius 1 is 1.03 bits per heavy atom. The smallest absolute Gasteiger partial charge is 0.353 e. The molecule has 3 saturated heterocycles. The zero-order valence-corrected chi connectivity index (χ0v) is 19.2.